The molecule has 0 spiro atoms. The number of benzene rings is 1. The zero-order valence-electron chi connectivity index (χ0n) is 14.5. The third-order valence-corrected chi connectivity index (χ3v) is 4.85. The van der Waals surface area contributed by atoms with E-state index in [2.05, 4.69) is 10.5 Å². The predicted molar refractivity (Wildman–Crippen MR) is 94.9 cm³/mol. The SMILES string of the molecule is COc1ccc(NC(=O)C(C)SCc2c(C)noc2C)cc1OC. The maximum Gasteiger partial charge on any atom is 0.237 e. The highest BCUT2D eigenvalue weighted by atomic mass is 32.2. The molecule has 7 heteroatoms. The minimum Gasteiger partial charge on any atom is -0.493 e. The van der Waals surface area contributed by atoms with E-state index in [-0.39, 0.29) is 11.2 Å². The van der Waals surface area contributed by atoms with E-state index in [1.165, 1.54) is 11.8 Å². The van der Waals surface area contributed by atoms with Gasteiger partial charge in [-0.3, -0.25) is 4.79 Å². The number of carbonyl (C=O) groups excluding carboxylic acids is 1. The maximum atomic E-state index is 12.4. The topological polar surface area (TPSA) is 73.6 Å². The first-order valence-corrected chi connectivity index (χ1v) is 8.57. The largest absolute Gasteiger partial charge is 0.493 e. The Morgan fingerprint density at radius 1 is 1.29 bits per heavy atom. The van der Waals surface area contributed by atoms with E-state index in [0.717, 1.165) is 17.0 Å². The Hall–Kier alpha value is -2.15. The fraction of sp³-hybridized carbons (Fsp3) is 0.412. The minimum absolute atomic E-state index is 0.0704. The molecule has 1 amide bonds. The molecule has 1 N–H and O–H groups in total. The van der Waals surface area contributed by atoms with Gasteiger partial charge in [0, 0.05) is 23.1 Å². The van der Waals surface area contributed by atoms with Crippen LogP contribution in [0.4, 0.5) is 5.69 Å². The Morgan fingerprint density at radius 3 is 2.58 bits per heavy atom. The van der Waals surface area contributed by atoms with Gasteiger partial charge >= 0.3 is 0 Å². The molecule has 1 unspecified atom stereocenters. The number of thioether (sulfide) groups is 1. The van der Waals surface area contributed by atoms with Crippen molar-refractivity contribution >= 4 is 23.4 Å². The molecular formula is C17H22N2O4S. The van der Waals surface area contributed by atoms with E-state index < -0.39 is 0 Å². The number of aryl methyl sites for hydroxylation is 2. The van der Waals surface area contributed by atoms with Gasteiger partial charge in [0.1, 0.15) is 5.76 Å². The van der Waals surface area contributed by atoms with Crippen LogP contribution in [0.2, 0.25) is 0 Å². The second-order valence-corrected chi connectivity index (χ2v) is 6.64. The summed E-state index contributed by atoms with van der Waals surface area (Å²) < 4.78 is 15.6. The Bertz CT molecular complexity index is 695. The normalized spacial score (nSPS) is 11.9. The molecule has 24 heavy (non-hydrogen) atoms. The molecule has 6 nitrogen and oxygen atoms in total. The van der Waals surface area contributed by atoms with Crippen LogP contribution in [0.1, 0.15) is 23.9 Å². The Labute approximate surface area is 145 Å². The fourth-order valence-corrected chi connectivity index (χ4v) is 3.19. The van der Waals surface area contributed by atoms with Crippen LogP contribution in [0.5, 0.6) is 11.5 Å². The van der Waals surface area contributed by atoms with Crippen molar-refractivity contribution in [1.82, 2.24) is 5.16 Å². The van der Waals surface area contributed by atoms with Gasteiger partial charge in [0.15, 0.2) is 11.5 Å². The van der Waals surface area contributed by atoms with Crippen LogP contribution in [-0.4, -0.2) is 30.5 Å². The number of nitrogens with one attached hydrogen (secondary N) is 1. The van der Waals surface area contributed by atoms with Gasteiger partial charge in [-0.1, -0.05) is 5.16 Å². The summed E-state index contributed by atoms with van der Waals surface area (Å²) in [6.07, 6.45) is 0. The molecule has 0 saturated heterocycles. The third kappa shape index (κ3) is 4.23. The van der Waals surface area contributed by atoms with Crippen LogP contribution in [0.15, 0.2) is 22.7 Å². The Balaban J connectivity index is 1.96. The Morgan fingerprint density at radius 2 is 2.00 bits per heavy atom. The first-order chi connectivity index (χ1) is 11.5. The smallest absolute Gasteiger partial charge is 0.237 e. The van der Waals surface area contributed by atoms with Crippen molar-refractivity contribution in [3.05, 3.63) is 35.2 Å². The van der Waals surface area contributed by atoms with Gasteiger partial charge in [-0.25, -0.2) is 0 Å². The van der Waals surface area contributed by atoms with Gasteiger partial charge < -0.3 is 19.3 Å². The van der Waals surface area contributed by atoms with Crippen molar-refractivity contribution < 1.29 is 18.8 Å². The van der Waals surface area contributed by atoms with E-state index in [0.29, 0.717) is 22.9 Å². The van der Waals surface area contributed by atoms with Gasteiger partial charge in [0.05, 0.1) is 25.2 Å². The van der Waals surface area contributed by atoms with Crippen LogP contribution in [0, 0.1) is 13.8 Å². The lowest BCUT2D eigenvalue weighted by molar-refractivity contribution is -0.115. The molecule has 0 radical (unpaired) electrons. The van der Waals surface area contributed by atoms with Gasteiger partial charge in [0.2, 0.25) is 5.91 Å². The molecule has 2 rings (SSSR count). The maximum absolute atomic E-state index is 12.4. The third-order valence-electron chi connectivity index (χ3n) is 3.68. The number of carbonyl (C=O) groups is 1. The molecule has 1 atom stereocenters. The highest BCUT2D eigenvalue weighted by Gasteiger charge is 2.17. The second-order valence-electron chi connectivity index (χ2n) is 5.31. The van der Waals surface area contributed by atoms with Gasteiger partial charge in [0.25, 0.3) is 0 Å². The molecule has 1 heterocycles. The van der Waals surface area contributed by atoms with Crippen LogP contribution < -0.4 is 14.8 Å². The van der Waals surface area contributed by atoms with Crippen molar-refractivity contribution in [2.75, 3.05) is 19.5 Å². The molecule has 1 aromatic heterocycles. The van der Waals surface area contributed by atoms with E-state index in [1.807, 2.05) is 20.8 Å². The summed E-state index contributed by atoms with van der Waals surface area (Å²) in [5, 5.41) is 6.60. The minimum atomic E-state index is -0.216. The first-order valence-electron chi connectivity index (χ1n) is 7.52. The molecule has 130 valence electrons. The number of ether oxygens (including phenoxy) is 2. The number of hydrogen-bond acceptors (Lipinski definition) is 6. The van der Waals surface area contributed by atoms with Crippen LogP contribution in [-0.2, 0) is 10.5 Å². The quantitative estimate of drug-likeness (QED) is 0.823. The molecule has 2 aromatic rings. The van der Waals surface area contributed by atoms with Gasteiger partial charge in [-0.2, -0.15) is 0 Å². The van der Waals surface area contributed by atoms with Crippen LogP contribution >= 0.6 is 11.8 Å². The molecule has 0 bridgehead atoms. The molecule has 0 aliphatic carbocycles. The highest BCUT2D eigenvalue weighted by molar-refractivity contribution is 7.99. The number of amides is 1. The van der Waals surface area contributed by atoms with Crippen molar-refractivity contribution in [3.8, 4) is 11.5 Å². The van der Waals surface area contributed by atoms with E-state index in [9.17, 15) is 4.79 Å². The van der Waals surface area contributed by atoms with Crippen LogP contribution in [0.25, 0.3) is 0 Å². The molecule has 0 aliphatic heterocycles. The predicted octanol–water partition coefficient (Wildman–Crippen LogP) is 3.57. The molecule has 0 saturated carbocycles. The number of hydrogen-bond donors (Lipinski definition) is 1. The molecule has 1 aromatic carbocycles. The monoisotopic (exact) mass is 350 g/mol. The van der Waals surface area contributed by atoms with E-state index in [1.54, 1.807) is 32.4 Å². The standard InChI is InChI=1S/C17H22N2O4S/c1-10-14(11(2)23-19-10)9-24-12(3)17(20)18-13-6-7-15(21-4)16(8-13)22-5/h6-8,12H,9H2,1-5H3,(H,18,20). The summed E-state index contributed by atoms with van der Waals surface area (Å²) in [7, 11) is 3.13. The number of anilines is 1. The van der Waals surface area contributed by atoms with Gasteiger partial charge in [-0.05, 0) is 32.9 Å². The van der Waals surface area contributed by atoms with Crippen molar-refractivity contribution in [2.45, 2.75) is 31.8 Å². The number of methoxy groups -OCH3 is 2. The summed E-state index contributed by atoms with van der Waals surface area (Å²) in [5.41, 5.74) is 2.58. The summed E-state index contributed by atoms with van der Waals surface area (Å²) in [4.78, 5) is 12.4. The van der Waals surface area contributed by atoms with Crippen LogP contribution in [0.3, 0.4) is 0 Å². The van der Waals surface area contributed by atoms with E-state index in [4.69, 9.17) is 14.0 Å². The summed E-state index contributed by atoms with van der Waals surface area (Å²) in [6.45, 7) is 5.66. The zero-order chi connectivity index (χ0) is 17.7. The molecule has 0 aliphatic rings. The molecular weight excluding hydrogens is 328 g/mol. The summed E-state index contributed by atoms with van der Waals surface area (Å²) >= 11 is 1.54. The van der Waals surface area contributed by atoms with Crippen molar-refractivity contribution in [2.24, 2.45) is 0 Å². The Kier molecular flexibility index (Phi) is 6.14. The second kappa shape index (κ2) is 8.10. The zero-order valence-corrected chi connectivity index (χ0v) is 15.3. The van der Waals surface area contributed by atoms with E-state index >= 15 is 0 Å². The average Bonchev–Trinajstić information content (AvgIpc) is 2.90. The lowest BCUT2D eigenvalue weighted by atomic mass is 10.2. The lowest BCUT2D eigenvalue weighted by Gasteiger charge is -2.14. The lowest BCUT2D eigenvalue weighted by Crippen LogP contribution is -2.22. The van der Waals surface area contributed by atoms with Crippen molar-refractivity contribution in [3.63, 3.8) is 0 Å². The fourth-order valence-electron chi connectivity index (χ4n) is 2.15. The van der Waals surface area contributed by atoms with Gasteiger partial charge in [-0.15, -0.1) is 11.8 Å². The number of nitrogens with zero attached hydrogens (tertiary/aromatic N) is 1. The van der Waals surface area contributed by atoms with Crippen molar-refractivity contribution in [1.29, 1.82) is 0 Å². The summed E-state index contributed by atoms with van der Waals surface area (Å²) in [6, 6.07) is 5.28. The number of rotatable bonds is 7. The average molecular weight is 350 g/mol. The molecule has 0 fully saturated rings. The number of aromatic nitrogens is 1. The highest BCUT2D eigenvalue weighted by Crippen LogP contribution is 2.30. The first kappa shape index (κ1) is 18.2. The summed E-state index contributed by atoms with van der Waals surface area (Å²) in [5.74, 6) is 2.61.